The second-order valence-corrected chi connectivity index (χ2v) is 5.13. The van der Waals surface area contributed by atoms with Gasteiger partial charge in [-0.05, 0) is 13.0 Å². The predicted octanol–water partition coefficient (Wildman–Crippen LogP) is 1.52. The van der Waals surface area contributed by atoms with E-state index in [1.165, 1.54) is 18.2 Å². The monoisotopic (exact) mass is 301 g/mol. The van der Waals surface area contributed by atoms with Gasteiger partial charge in [0, 0.05) is 37.5 Å². The van der Waals surface area contributed by atoms with Gasteiger partial charge in [-0.25, -0.2) is 0 Å². The summed E-state index contributed by atoms with van der Waals surface area (Å²) >= 11 is 0. The third kappa shape index (κ3) is 3.21. The smallest absolute Gasteiger partial charge is 0.270 e. The number of anilines is 1. The Kier molecular flexibility index (Phi) is 4.10. The van der Waals surface area contributed by atoms with E-state index in [2.05, 4.69) is 10.4 Å². The molecular formula is C14H15N5O3. The van der Waals surface area contributed by atoms with E-state index >= 15 is 0 Å². The fourth-order valence-electron chi connectivity index (χ4n) is 1.96. The minimum Gasteiger partial charge on any atom is -0.383 e. The summed E-state index contributed by atoms with van der Waals surface area (Å²) in [7, 11) is 1.75. The SMILES string of the molecule is Cn1cc([C@@](C)(O)CNc2ccc([N+](=O)[O-])cc2C#N)cn1. The Morgan fingerprint density at radius 1 is 1.59 bits per heavy atom. The normalized spacial score (nSPS) is 13.2. The standard InChI is InChI=1S/C14H15N5O3/c1-14(20,11-7-17-18(2)8-11)9-16-13-4-3-12(19(21)22)5-10(13)6-15/h3-5,7-8,16,20H,9H2,1-2H3/t14-/m0/s1. The van der Waals surface area contributed by atoms with Crippen molar-refractivity contribution in [2.75, 3.05) is 11.9 Å². The molecule has 2 aromatic rings. The molecule has 0 spiro atoms. The summed E-state index contributed by atoms with van der Waals surface area (Å²) in [5.74, 6) is 0. The molecule has 2 rings (SSSR count). The Morgan fingerprint density at radius 3 is 2.86 bits per heavy atom. The van der Waals surface area contributed by atoms with Crippen LogP contribution < -0.4 is 5.32 Å². The summed E-state index contributed by atoms with van der Waals surface area (Å²) in [5, 5.41) is 37.2. The number of aromatic nitrogens is 2. The highest BCUT2D eigenvalue weighted by Gasteiger charge is 2.25. The summed E-state index contributed by atoms with van der Waals surface area (Å²) in [6.07, 6.45) is 3.26. The quantitative estimate of drug-likeness (QED) is 0.638. The van der Waals surface area contributed by atoms with Gasteiger partial charge >= 0.3 is 0 Å². The molecule has 0 saturated carbocycles. The molecule has 114 valence electrons. The second kappa shape index (κ2) is 5.83. The number of benzene rings is 1. The van der Waals surface area contributed by atoms with E-state index in [-0.39, 0.29) is 17.8 Å². The van der Waals surface area contributed by atoms with E-state index in [0.717, 1.165) is 0 Å². The molecule has 8 nitrogen and oxygen atoms in total. The van der Waals surface area contributed by atoms with Crippen LogP contribution in [-0.4, -0.2) is 26.4 Å². The van der Waals surface area contributed by atoms with E-state index in [0.29, 0.717) is 11.3 Å². The zero-order chi connectivity index (χ0) is 16.3. The molecule has 0 aliphatic carbocycles. The van der Waals surface area contributed by atoms with Gasteiger partial charge in [-0.15, -0.1) is 0 Å². The van der Waals surface area contributed by atoms with Crippen LogP contribution in [0, 0.1) is 21.4 Å². The summed E-state index contributed by atoms with van der Waals surface area (Å²) in [5.41, 5.74) is -0.138. The van der Waals surface area contributed by atoms with Crippen molar-refractivity contribution in [2.24, 2.45) is 7.05 Å². The van der Waals surface area contributed by atoms with E-state index < -0.39 is 10.5 Å². The number of nitriles is 1. The van der Waals surface area contributed by atoms with Gasteiger partial charge in [-0.1, -0.05) is 0 Å². The lowest BCUT2D eigenvalue weighted by Gasteiger charge is -2.23. The Morgan fingerprint density at radius 2 is 2.32 bits per heavy atom. The van der Waals surface area contributed by atoms with Crippen LogP contribution in [0.25, 0.3) is 0 Å². The summed E-state index contributed by atoms with van der Waals surface area (Å²) in [6, 6.07) is 5.86. The van der Waals surface area contributed by atoms with Crippen LogP contribution in [0.3, 0.4) is 0 Å². The van der Waals surface area contributed by atoms with Gasteiger partial charge in [0.15, 0.2) is 0 Å². The Hall–Kier alpha value is -2.92. The molecule has 0 bridgehead atoms. The Labute approximate surface area is 126 Å². The van der Waals surface area contributed by atoms with Crippen molar-refractivity contribution in [2.45, 2.75) is 12.5 Å². The van der Waals surface area contributed by atoms with E-state index in [1.54, 1.807) is 31.0 Å². The fraction of sp³-hybridized carbons (Fsp3) is 0.286. The molecular weight excluding hydrogens is 286 g/mol. The first kappa shape index (κ1) is 15.5. The first-order valence-electron chi connectivity index (χ1n) is 6.47. The number of rotatable bonds is 5. The number of aryl methyl sites for hydroxylation is 1. The molecule has 0 saturated heterocycles. The van der Waals surface area contributed by atoms with Gasteiger partial charge in [0.25, 0.3) is 5.69 Å². The van der Waals surface area contributed by atoms with Crippen LogP contribution in [0.4, 0.5) is 11.4 Å². The Bertz CT molecular complexity index is 745. The van der Waals surface area contributed by atoms with Crippen LogP contribution in [0.2, 0.25) is 0 Å². The average molecular weight is 301 g/mol. The number of aliphatic hydroxyl groups is 1. The number of hydrogen-bond donors (Lipinski definition) is 2. The van der Waals surface area contributed by atoms with Crippen molar-refractivity contribution in [3.63, 3.8) is 0 Å². The zero-order valence-electron chi connectivity index (χ0n) is 12.1. The van der Waals surface area contributed by atoms with Crippen LogP contribution in [0.1, 0.15) is 18.1 Å². The average Bonchev–Trinajstić information content (AvgIpc) is 2.92. The summed E-state index contributed by atoms with van der Waals surface area (Å²) in [6.45, 7) is 1.75. The molecule has 2 N–H and O–H groups in total. The third-order valence-corrected chi connectivity index (χ3v) is 3.28. The lowest BCUT2D eigenvalue weighted by molar-refractivity contribution is -0.384. The van der Waals surface area contributed by atoms with Crippen LogP contribution in [0.5, 0.6) is 0 Å². The predicted molar refractivity (Wildman–Crippen MR) is 79.1 cm³/mol. The van der Waals surface area contributed by atoms with Crippen LogP contribution in [-0.2, 0) is 12.6 Å². The van der Waals surface area contributed by atoms with Gasteiger partial charge in [-0.2, -0.15) is 10.4 Å². The van der Waals surface area contributed by atoms with E-state index in [9.17, 15) is 15.2 Å². The molecule has 1 heterocycles. The first-order valence-corrected chi connectivity index (χ1v) is 6.47. The number of nitrogens with one attached hydrogen (secondary N) is 1. The van der Waals surface area contributed by atoms with Crippen molar-refractivity contribution in [1.29, 1.82) is 5.26 Å². The maximum Gasteiger partial charge on any atom is 0.270 e. The lowest BCUT2D eigenvalue weighted by atomic mass is 9.99. The largest absolute Gasteiger partial charge is 0.383 e. The van der Waals surface area contributed by atoms with Crippen molar-refractivity contribution < 1.29 is 10.0 Å². The molecule has 0 radical (unpaired) electrons. The van der Waals surface area contributed by atoms with Gasteiger partial charge in [0.05, 0.1) is 22.4 Å². The van der Waals surface area contributed by atoms with Gasteiger partial charge in [0.2, 0.25) is 0 Å². The van der Waals surface area contributed by atoms with Gasteiger partial charge < -0.3 is 10.4 Å². The third-order valence-electron chi connectivity index (χ3n) is 3.28. The summed E-state index contributed by atoms with van der Waals surface area (Å²) < 4.78 is 1.58. The molecule has 0 amide bonds. The fourth-order valence-corrected chi connectivity index (χ4v) is 1.96. The van der Waals surface area contributed by atoms with Crippen molar-refractivity contribution >= 4 is 11.4 Å². The molecule has 22 heavy (non-hydrogen) atoms. The highest BCUT2D eigenvalue weighted by molar-refractivity contribution is 5.61. The molecule has 8 heteroatoms. The maximum atomic E-state index is 10.7. The van der Waals surface area contributed by atoms with E-state index in [4.69, 9.17) is 5.26 Å². The molecule has 1 aromatic heterocycles. The van der Waals surface area contributed by atoms with E-state index in [1.807, 2.05) is 6.07 Å². The maximum absolute atomic E-state index is 10.7. The minimum atomic E-state index is -1.19. The second-order valence-electron chi connectivity index (χ2n) is 5.13. The number of nitrogens with zero attached hydrogens (tertiary/aromatic N) is 4. The first-order chi connectivity index (χ1) is 10.3. The van der Waals surface area contributed by atoms with Gasteiger partial charge in [-0.3, -0.25) is 14.8 Å². The summed E-state index contributed by atoms with van der Waals surface area (Å²) in [4.78, 5) is 10.2. The molecule has 1 atom stereocenters. The number of hydrogen-bond acceptors (Lipinski definition) is 6. The van der Waals surface area contributed by atoms with Crippen LogP contribution >= 0.6 is 0 Å². The zero-order valence-corrected chi connectivity index (χ0v) is 12.1. The Balaban J connectivity index is 2.18. The molecule has 0 aliphatic rings. The molecule has 1 aromatic carbocycles. The number of non-ortho nitro benzene ring substituents is 1. The van der Waals surface area contributed by atoms with Crippen molar-refractivity contribution in [3.05, 3.63) is 51.8 Å². The van der Waals surface area contributed by atoms with Crippen molar-refractivity contribution in [3.8, 4) is 6.07 Å². The number of nitro benzene ring substituents is 1. The highest BCUT2D eigenvalue weighted by Crippen LogP contribution is 2.24. The molecule has 0 unspecified atom stereocenters. The molecule has 0 aliphatic heterocycles. The topological polar surface area (TPSA) is 117 Å². The highest BCUT2D eigenvalue weighted by atomic mass is 16.6. The van der Waals surface area contributed by atoms with Crippen molar-refractivity contribution in [1.82, 2.24) is 9.78 Å². The minimum absolute atomic E-state index is 0.130. The van der Waals surface area contributed by atoms with Crippen LogP contribution in [0.15, 0.2) is 30.6 Å². The molecule has 0 fully saturated rings. The number of nitro groups is 1. The lowest BCUT2D eigenvalue weighted by Crippen LogP contribution is -2.30. The van der Waals surface area contributed by atoms with Gasteiger partial charge in [0.1, 0.15) is 11.7 Å².